The lowest BCUT2D eigenvalue weighted by Gasteiger charge is -2.35. The fourth-order valence-corrected chi connectivity index (χ4v) is 4.57. The predicted octanol–water partition coefficient (Wildman–Crippen LogP) is 3.81. The highest BCUT2D eigenvalue weighted by Crippen LogP contribution is 2.41. The van der Waals surface area contributed by atoms with Gasteiger partial charge < -0.3 is 9.47 Å². The summed E-state index contributed by atoms with van der Waals surface area (Å²) in [4.78, 5) is 19.5. The first-order valence-corrected chi connectivity index (χ1v) is 9.54. The topological polar surface area (TPSA) is 38.1 Å². The Labute approximate surface area is 139 Å². The van der Waals surface area contributed by atoms with Gasteiger partial charge in [-0.15, -0.1) is 0 Å². The van der Waals surface area contributed by atoms with Crippen LogP contribution in [0, 0.1) is 12.8 Å². The molecule has 2 saturated carbocycles. The molecule has 2 heterocycles. The molecule has 4 heteroatoms. The van der Waals surface area contributed by atoms with Crippen LogP contribution in [0.2, 0.25) is 0 Å². The first-order chi connectivity index (χ1) is 11.2. The van der Waals surface area contributed by atoms with Gasteiger partial charge in [-0.25, -0.2) is 4.98 Å². The number of likely N-dealkylation sites (tertiary alicyclic amines) is 1. The van der Waals surface area contributed by atoms with Crippen molar-refractivity contribution in [1.29, 1.82) is 0 Å². The summed E-state index contributed by atoms with van der Waals surface area (Å²) >= 11 is 0. The number of piperidine rings is 1. The molecule has 1 aromatic heterocycles. The zero-order valence-electron chi connectivity index (χ0n) is 14.3. The van der Waals surface area contributed by atoms with Gasteiger partial charge in [0.1, 0.15) is 5.82 Å². The average molecular weight is 315 g/mol. The van der Waals surface area contributed by atoms with E-state index in [1.807, 2.05) is 6.20 Å². The number of carbonyl (C=O) groups excluding carboxylic acids is 1. The first-order valence-electron chi connectivity index (χ1n) is 9.54. The Kier molecular flexibility index (Phi) is 4.16. The molecule has 126 valence electrons. The number of hydrogen-bond acceptors (Lipinski definition) is 2. The normalized spacial score (nSPS) is 26.0. The van der Waals surface area contributed by atoms with Crippen LogP contribution in [0.25, 0.3) is 0 Å². The third-order valence-corrected chi connectivity index (χ3v) is 6.01. The molecule has 23 heavy (non-hydrogen) atoms. The molecule has 0 N–H and O–H groups in total. The van der Waals surface area contributed by atoms with Gasteiger partial charge in [0.15, 0.2) is 0 Å². The molecule has 1 unspecified atom stereocenters. The Hall–Kier alpha value is -1.32. The van der Waals surface area contributed by atoms with Gasteiger partial charge in [-0.2, -0.15) is 0 Å². The van der Waals surface area contributed by atoms with Gasteiger partial charge in [0.2, 0.25) is 5.91 Å². The van der Waals surface area contributed by atoms with Gasteiger partial charge in [-0.3, -0.25) is 4.79 Å². The van der Waals surface area contributed by atoms with Gasteiger partial charge in [-0.05, 0) is 51.4 Å². The molecule has 0 aromatic carbocycles. The number of amides is 1. The molecular weight excluding hydrogens is 286 g/mol. The average Bonchev–Trinajstić information content (AvgIpc) is 3.14. The lowest BCUT2D eigenvalue weighted by Crippen LogP contribution is -2.41. The lowest BCUT2D eigenvalue weighted by molar-refractivity contribution is -0.133. The van der Waals surface area contributed by atoms with Crippen LogP contribution < -0.4 is 0 Å². The van der Waals surface area contributed by atoms with E-state index in [9.17, 15) is 4.79 Å². The van der Waals surface area contributed by atoms with E-state index >= 15 is 0 Å². The van der Waals surface area contributed by atoms with E-state index in [2.05, 4.69) is 21.4 Å². The third-order valence-electron chi connectivity index (χ3n) is 6.01. The molecule has 0 radical (unpaired) electrons. The van der Waals surface area contributed by atoms with Crippen LogP contribution in [0.3, 0.4) is 0 Å². The molecule has 1 aromatic rings. The van der Waals surface area contributed by atoms with Crippen LogP contribution in [0.1, 0.15) is 81.3 Å². The summed E-state index contributed by atoms with van der Waals surface area (Å²) < 4.78 is 2.45. The highest BCUT2D eigenvalue weighted by molar-refractivity contribution is 5.76. The molecule has 0 spiro atoms. The van der Waals surface area contributed by atoms with Gasteiger partial charge in [0.25, 0.3) is 0 Å². The Balaban J connectivity index is 1.44. The van der Waals surface area contributed by atoms with Crippen LogP contribution >= 0.6 is 0 Å². The molecule has 0 bridgehead atoms. The van der Waals surface area contributed by atoms with Gasteiger partial charge in [-0.1, -0.05) is 12.8 Å². The summed E-state index contributed by atoms with van der Waals surface area (Å²) in [5, 5.41) is 0. The number of nitrogens with zero attached hydrogens (tertiary/aromatic N) is 3. The van der Waals surface area contributed by atoms with Crippen molar-refractivity contribution in [1.82, 2.24) is 14.5 Å². The molecule has 2 aliphatic carbocycles. The van der Waals surface area contributed by atoms with Gasteiger partial charge in [0.05, 0.1) is 6.04 Å². The summed E-state index contributed by atoms with van der Waals surface area (Å²) in [5.41, 5.74) is 1.27. The summed E-state index contributed by atoms with van der Waals surface area (Å²) in [6, 6.07) is 0.439. The number of carbonyl (C=O) groups is 1. The largest absolute Gasteiger partial charge is 0.341 e. The van der Waals surface area contributed by atoms with Crippen LogP contribution in [-0.2, 0) is 4.79 Å². The van der Waals surface area contributed by atoms with E-state index in [0.29, 0.717) is 23.8 Å². The van der Waals surface area contributed by atoms with Gasteiger partial charge in [0, 0.05) is 37.3 Å². The third kappa shape index (κ3) is 3.17. The van der Waals surface area contributed by atoms with Crippen molar-refractivity contribution in [3.63, 3.8) is 0 Å². The van der Waals surface area contributed by atoms with Crippen molar-refractivity contribution in [2.24, 2.45) is 5.92 Å². The van der Waals surface area contributed by atoms with Crippen LogP contribution in [-0.4, -0.2) is 33.4 Å². The predicted molar refractivity (Wildman–Crippen MR) is 90.4 cm³/mol. The second-order valence-electron chi connectivity index (χ2n) is 7.89. The molecule has 1 amide bonds. The maximum Gasteiger partial charge on any atom is 0.222 e. The van der Waals surface area contributed by atoms with E-state index in [4.69, 9.17) is 0 Å². The van der Waals surface area contributed by atoms with E-state index < -0.39 is 0 Å². The first kappa shape index (κ1) is 15.2. The standard InChI is InChI=1S/C19H29N3O/c1-14-12-20-19(16-8-9-16)22(14)17-7-4-10-21(13-17)18(23)11-15-5-2-3-6-15/h12,15-17H,2-11,13H2,1H3. The molecule has 1 saturated heterocycles. The Morgan fingerprint density at radius 1 is 1.17 bits per heavy atom. The smallest absolute Gasteiger partial charge is 0.222 e. The Bertz CT molecular complexity index is 569. The number of imidazole rings is 1. The minimum Gasteiger partial charge on any atom is -0.341 e. The highest BCUT2D eigenvalue weighted by atomic mass is 16.2. The summed E-state index contributed by atoms with van der Waals surface area (Å²) in [7, 11) is 0. The van der Waals surface area contributed by atoms with Crippen LogP contribution in [0.5, 0.6) is 0 Å². The molecule has 3 aliphatic rings. The lowest BCUT2D eigenvalue weighted by atomic mass is 10.0. The van der Waals surface area contributed by atoms with E-state index in [1.54, 1.807) is 0 Å². The van der Waals surface area contributed by atoms with E-state index in [1.165, 1.54) is 56.5 Å². The van der Waals surface area contributed by atoms with Crippen molar-refractivity contribution in [2.75, 3.05) is 13.1 Å². The summed E-state index contributed by atoms with van der Waals surface area (Å²) in [5.74, 6) is 3.00. The zero-order valence-corrected chi connectivity index (χ0v) is 14.3. The zero-order chi connectivity index (χ0) is 15.8. The van der Waals surface area contributed by atoms with Gasteiger partial charge >= 0.3 is 0 Å². The maximum absolute atomic E-state index is 12.7. The number of aromatic nitrogens is 2. The molecule has 1 aliphatic heterocycles. The van der Waals surface area contributed by atoms with Crippen molar-refractivity contribution in [2.45, 2.75) is 76.7 Å². The molecule has 3 fully saturated rings. The Morgan fingerprint density at radius 3 is 2.70 bits per heavy atom. The molecule has 4 nitrogen and oxygen atoms in total. The number of rotatable bonds is 4. The SMILES string of the molecule is Cc1cnc(C2CC2)n1C1CCCN(C(=O)CC2CCCC2)C1. The van der Waals surface area contributed by atoms with Crippen molar-refractivity contribution >= 4 is 5.91 Å². The van der Waals surface area contributed by atoms with E-state index in [-0.39, 0.29) is 0 Å². The molecule has 4 rings (SSSR count). The fraction of sp³-hybridized carbons (Fsp3) is 0.789. The summed E-state index contributed by atoms with van der Waals surface area (Å²) in [6.07, 6.45) is 12.8. The van der Waals surface area contributed by atoms with E-state index in [0.717, 1.165) is 25.9 Å². The Morgan fingerprint density at radius 2 is 1.96 bits per heavy atom. The monoisotopic (exact) mass is 315 g/mol. The van der Waals surface area contributed by atoms with Crippen molar-refractivity contribution in [3.05, 3.63) is 17.7 Å². The number of hydrogen-bond donors (Lipinski definition) is 0. The second-order valence-corrected chi connectivity index (χ2v) is 7.89. The quantitative estimate of drug-likeness (QED) is 0.847. The highest BCUT2D eigenvalue weighted by Gasteiger charge is 2.33. The fourth-order valence-electron chi connectivity index (χ4n) is 4.57. The van der Waals surface area contributed by atoms with Crippen LogP contribution in [0.4, 0.5) is 0 Å². The van der Waals surface area contributed by atoms with Crippen molar-refractivity contribution < 1.29 is 4.79 Å². The second kappa shape index (κ2) is 6.29. The van der Waals surface area contributed by atoms with Crippen molar-refractivity contribution in [3.8, 4) is 0 Å². The number of aryl methyl sites for hydroxylation is 1. The van der Waals surface area contributed by atoms with Crippen LogP contribution in [0.15, 0.2) is 6.20 Å². The minimum absolute atomic E-state index is 0.396. The molecule has 1 atom stereocenters. The molecular formula is C19H29N3O. The summed E-state index contributed by atoms with van der Waals surface area (Å²) in [6.45, 7) is 4.01. The minimum atomic E-state index is 0.396. The maximum atomic E-state index is 12.7.